The lowest BCUT2D eigenvalue weighted by Crippen LogP contribution is -2.55. The molecule has 2 saturated heterocycles. The number of hydrogen-bond donors (Lipinski definition) is 1. The van der Waals surface area contributed by atoms with Crippen molar-refractivity contribution in [2.75, 3.05) is 32.8 Å². The predicted octanol–water partition coefficient (Wildman–Crippen LogP) is 1.43. The van der Waals surface area contributed by atoms with E-state index >= 15 is 0 Å². The van der Waals surface area contributed by atoms with Crippen molar-refractivity contribution >= 4 is 17.8 Å². The van der Waals surface area contributed by atoms with Crippen LogP contribution in [0.3, 0.4) is 0 Å². The number of rotatable bonds is 6. The Morgan fingerprint density at radius 3 is 2.75 bits per heavy atom. The lowest BCUT2D eigenvalue weighted by Gasteiger charge is -2.35. The SMILES string of the molecule is CCCCN1CC=C[C@]23O[C@@H]4/C=C\CCCCOC(=O)[C@@H]4[C@H]2C(=O)N(CCCO)C3C1=O. The maximum Gasteiger partial charge on any atom is 0.312 e. The number of nitrogens with zero attached hydrogens (tertiary/aromatic N) is 2. The van der Waals surface area contributed by atoms with Gasteiger partial charge in [-0.2, -0.15) is 0 Å². The Bertz CT molecular complexity index is 795. The van der Waals surface area contributed by atoms with Gasteiger partial charge in [0.15, 0.2) is 0 Å². The Morgan fingerprint density at radius 2 is 1.97 bits per heavy atom. The highest BCUT2D eigenvalue weighted by molar-refractivity contribution is 5.99. The third kappa shape index (κ3) is 3.88. The molecule has 1 spiro atoms. The highest BCUT2D eigenvalue weighted by atomic mass is 16.6. The van der Waals surface area contributed by atoms with Gasteiger partial charge in [0.25, 0.3) is 0 Å². The number of carbonyl (C=O) groups excluding carboxylic acids is 3. The number of allylic oxidation sites excluding steroid dienone is 1. The fourth-order valence-electron chi connectivity index (χ4n) is 5.49. The van der Waals surface area contributed by atoms with E-state index in [0.29, 0.717) is 26.1 Å². The third-order valence-corrected chi connectivity index (χ3v) is 7.02. The largest absolute Gasteiger partial charge is 0.465 e. The van der Waals surface area contributed by atoms with Crippen LogP contribution in [0.2, 0.25) is 0 Å². The molecule has 0 saturated carbocycles. The summed E-state index contributed by atoms with van der Waals surface area (Å²) < 4.78 is 12.1. The third-order valence-electron chi connectivity index (χ3n) is 7.02. The van der Waals surface area contributed by atoms with Crippen LogP contribution in [0, 0.1) is 11.8 Å². The van der Waals surface area contributed by atoms with Crippen molar-refractivity contribution in [1.29, 1.82) is 0 Å². The van der Waals surface area contributed by atoms with Gasteiger partial charge in [0, 0.05) is 26.2 Å². The number of fused-ring (bicyclic) bond motifs is 2. The van der Waals surface area contributed by atoms with Crippen LogP contribution >= 0.6 is 0 Å². The highest BCUT2D eigenvalue weighted by Crippen LogP contribution is 2.53. The molecule has 32 heavy (non-hydrogen) atoms. The van der Waals surface area contributed by atoms with Gasteiger partial charge in [-0.05, 0) is 32.1 Å². The Morgan fingerprint density at radius 1 is 1.12 bits per heavy atom. The summed E-state index contributed by atoms with van der Waals surface area (Å²) in [6.45, 7) is 3.60. The minimum atomic E-state index is -1.21. The van der Waals surface area contributed by atoms with Crippen molar-refractivity contribution < 1.29 is 29.0 Å². The number of aliphatic hydroxyl groups is 1. The van der Waals surface area contributed by atoms with Gasteiger partial charge in [0.2, 0.25) is 11.8 Å². The Kier molecular flexibility index (Phi) is 7.00. The molecule has 4 aliphatic rings. The van der Waals surface area contributed by atoms with Crippen LogP contribution < -0.4 is 0 Å². The van der Waals surface area contributed by atoms with Gasteiger partial charge in [-0.25, -0.2) is 0 Å². The molecule has 8 heteroatoms. The summed E-state index contributed by atoms with van der Waals surface area (Å²) in [6, 6.07) is -0.846. The maximum atomic E-state index is 13.7. The molecule has 8 nitrogen and oxygen atoms in total. The van der Waals surface area contributed by atoms with E-state index < -0.39 is 35.6 Å². The molecule has 0 aliphatic carbocycles. The van der Waals surface area contributed by atoms with E-state index in [-0.39, 0.29) is 25.0 Å². The first-order chi connectivity index (χ1) is 15.5. The van der Waals surface area contributed by atoms with E-state index in [4.69, 9.17) is 9.47 Å². The van der Waals surface area contributed by atoms with E-state index in [1.54, 1.807) is 4.90 Å². The lowest BCUT2D eigenvalue weighted by atomic mass is 9.78. The topological polar surface area (TPSA) is 96.4 Å². The second kappa shape index (κ2) is 9.75. The summed E-state index contributed by atoms with van der Waals surface area (Å²) in [5.74, 6) is -2.48. The van der Waals surface area contributed by atoms with Crippen LogP contribution in [0.1, 0.15) is 45.4 Å². The summed E-state index contributed by atoms with van der Waals surface area (Å²) in [4.78, 5) is 43.9. The summed E-state index contributed by atoms with van der Waals surface area (Å²) >= 11 is 0. The second-order valence-corrected chi connectivity index (χ2v) is 9.08. The molecule has 176 valence electrons. The fraction of sp³-hybridized carbons (Fsp3) is 0.708. The van der Waals surface area contributed by atoms with Crippen molar-refractivity contribution in [3.05, 3.63) is 24.3 Å². The number of likely N-dealkylation sites (tertiary alicyclic amines) is 1. The number of carbonyl (C=O) groups is 3. The zero-order chi connectivity index (χ0) is 22.7. The summed E-state index contributed by atoms with van der Waals surface area (Å²) in [5, 5.41) is 9.39. The number of cyclic esters (lactones) is 1. The Labute approximate surface area is 189 Å². The summed E-state index contributed by atoms with van der Waals surface area (Å²) in [7, 11) is 0. The van der Waals surface area contributed by atoms with Gasteiger partial charge < -0.3 is 24.4 Å². The van der Waals surface area contributed by atoms with Crippen LogP contribution in [0.15, 0.2) is 24.3 Å². The molecule has 0 radical (unpaired) electrons. The minimum Gasteiger partial charge on any atom is -0.465 e. The highest BCUT2D eigenvalue weighted by Gasteiger charge is 2.71. The van der Waals surface area contributed by atoms with E-state index in [2.05, 4.69) is 6.92 Å². The molecule has 2 fully saturated rings. The number of aliphatic hydroxyl groups excluding tert-OH is 1. The molecule has 1 N–H and O–H groups in total. The first-order valence-corrected chi connectivity index (χ1v) is 11.9. The number of esters is 1. The summed E-state index contributed by atoms with van der Waals surface area (Å²) in [5.41, 5.74) is -1.21. The first-order valence-electron chi connectivity index (χ1n) is 11.9. The van der Waals surface area contributed by atoms with E-state index in [1.165, 1.54) is 4.90 Å². The smallest absolute Gasteiger partial charge is 0.312 e. The normalized spacial score (nSPS) is 35.8. The molecular formula is C24H34N2O6. The zero-order valence-electron chi connectivity index (χ0n) is 18.8. The molecule has 2 amide bonds. The van der Waals surface area contributed by atoms with Gasteiger partial charge in [0.1, 0.15) is 17.6 Å². The lowest BCUT2D eigenvalue weighted by molar-refractivity contribution is -0.155. The molecule has 5 atom stereocenters. The van der Waals surface area contributed by atoms with Crippen molar-refractivity contribution in [3.8, 4) is 0 Å². The van der Waals surface area contributed by atoms with Gasteiger partial charge in [-0.1, -0.05) is 37.6 Å². The van der Waals surface area contributed by atoms with Crippen LogP contribution in [0.4, 0.5) is 0 Å². The van der Waals surface area contributed by atoms with Gasteiger partial charge in [0.05, 0.1) is 18.6 Å². The standard InChI is InChI=1S/C24H34N2O6/c1-2-3-12-25-13-8-11-24-19(21(28)26(14-9-15-27)20(24)22(25)29)18-17(32-24)10-6-4-5-7-16-31-23(18)30/h6,8,10-11,17-20,27H,2-5,7,9,12-16H2,1H3/b10-6-/t17-,18+,19+,20?,24+/m1/s1. The molecular weight excluding hydrogens is 412 g/mol. The molecule has 0 aromatic heterocycles. The summed E-state index contributed by atoms with van der Waals surface area (Å²) in [6.07, 6.45) is 11.7. The molecule has 4 aliphatic heterocycles. The van der Waals surface area contributed by atoms with Gasteiger partial charge in [-0.15, -0.1) is 0 Å². The van der Waals surface area contributed by atoms with E-state index in [9.17, 15) is 19.5 Å². The fourth-order valence-corrected chi connectivity index (χ4v) is 5.49. The number of ether oxygens (including phenoxy) is 2. The number of unbranched alkanes of at least 4 members (excludes halogenated alkanes) is 1. The van der Waals surface area contributed by atoms with Gasteiger partial charge >= 0.3 is 5.97 Å². The molecule has 0 aromatic rings. The number of amides is 2. The van der Waals surface area contributed by atoms with Crippen LogP contribution in [0.25, 0.3) is 0 Å². The zero-order valence-corrected chi connectivity index (χ0v) is 18.8. The van der Waals surface area contributed by atoms with Crippen molar-refractivity contribution in [2.24, 2.45) is 11.8 Å². The van der Waals surface area contributed by atoms with E-state index in [1.807, 2.05) is 24.3 Å². The molecule has 0 bridgehead atoms. The quantitative estimate of drug-likeness (QED) is 0.490. The van der Waals surface area contributed by atoms with Crippen LogP contribution in [-0.2, 0) is 23.9 Å². The van der Waals surface area contributed by atoms with Gasteiger partial charge in [-0.3, -0.25) is 14.4 Å². The van der Waals surface area contributed by atoms with Crippen LogP contribution in [-0.4, -0.2) is 83.3 Å². The molecule has 1 unspecified atom stereocenters. The molecule has 0 aromatic carbocycles. The average molecular weight is 447 g/mol. The van der Waals surface area contributed by atoms with Crippen molar-refractivity contribution in [2.45, 2.75) is 63.2 Å². The van der Waals surface area contributed by atoms with Crippen LogP contribution in [0.5, 0.6) is 0 Å². The van der Waals surface area contributed by atoms with E-state index in [0.717, 1.165) is 32.1 Å². The monoisotopic (exact) mass is 446 g/mol. The van der Waals surface area contributed by atoms with Crippen molar-refractivity contribution in [3.63, 3.8) is 0 Å². The predicted molar refractivity (Wildman–Crippen MR) is 116 cm³/mol. The molecule has 4 rings (SSSR count). The van der Waals surface area contributed by atoms with Crippen molar-refractivity contribution in [1.82, 2.24) is 9.80 Å². The first kappa shape index (κ1) is 23.0. The Balaban J connectivity index is 1.76. The minimum absolute atomic E-state index is 0.0879. The Hall–Kier alpha value is -2.19. The second-order valence-electron chi connectivity index (χ2n) is 9.08. The molecule has 4 heterocycles. The average Bonchev–Trinajstić information content (AvgIpc) is 3.17. The number of hydrogen-bond acceptors (Lipinski definition) is 6. The maximum absolute atomic E-state index is 13.7.